The molecule has 29 heavy (non-hydrogen) atoms. The molecule has 0 bridgehead atoms. The van der Waals surface area contributed by atoms with E-state index >= 15 is 0 Å². The van der Waals surface area contributed by atoms with E-state index in [-0.39, 0.29) is 23.1 Å². The summed E-state index contributed by atoms with van der Waals surface area (Å²) >= 11 is 5.49. The minimum Gasteiger partial charge on any atom is -0.289 e. The molecule has 2 aromatic rings. The summed E-state index contributed by atoms with van der Waals surface area (Å²) < 4.78 is 78.9. The van der Waals surface area contributed by atoms with Crippen molar-refractivity contribution in [2.45, 2.75) is 38.5 Å². The molecule has 0 amide bonds. The van der Waals surface area contributed by atoms with Gasteiger partial charge >= 0.3 is 12.4 Å². The first kappa shape index (κ1) is 22.9. The number of unbranched alkanes of at least 4 members (excludes halogenated alkanes) is 1. The largest absolute Gasteiger partial charge is 0.417 e. The molecule has 0 aromatic heterocycles. The predicted octanol–water partition coefficient (Wildman–Crippen LogP) is 6.68. The highest BCUT2D eigenvalue weighted by atomic mass is 35.5. The number of carbonyl (C=O) groups excluding carboxylic acids is 2. The number of benzene rings is 2. The van der Waals surface area contributed by atoms with Gasteiger partial charge in [-0.25, -0.2) is 0 Å². The van der Waals surface area contributed by atoms with Crippen molar-refractivity contribution in [3.8, 4) is 0 Å². The van der Waals surface area contributed by atoms with Gasteiger partial charge in [-0.05, 0) is 54.3 Å². The summed E-state index contributed by atoms with van der Waals surface area (Å²) in [7, 11) is 0. The standard InChI is InChI=1S/C20H15ClF6O2/c1-2-3-4-13-14(18(21)29)9-10-15(20(25,26)27)16(13)17(28)11-5-7-12(8-6-11)19(22,23)24/h5-10H,2-4H2,1H3. The van der Waals surface area contributed by atoms with E-state index < -0.39 is 40.1 Å². The first-order valence-corrected chi connectivity index (χ1v) is 8.90. The quantitative estimate of drug-likeness (QED) is 0.287. The number of hydrogen-bond donors (Lipinski definition) is 0. The summed E-state index contributed by atoms with van der Waals surface area (Å²) in [5, 5.41) is -1.02. The molecular weight excluding hydrogens is 422 g/mol. The lowest BCUT2D eigenvalue weighted by molar-refractivity contribution is -0.138. The van der Waals surface area contributed by atoms with Gasteiger partial charge in [0.25, 0.3) is 5.24 Å². The van der Waals surface area contributed by atoms with Crippen LogP contribution in [-0.4, -0.2) is 11.0 Å². The SMILES string of the molecule is CCCCc1c(C(=O)Cl)ccc(C(F)(F)F)c1C(=O)c1ccc(C(F)(F)F)cc1. The van der Waals surface area contributed by atoms with Crippen molar-refractivity contribution in [2.24, 2.45) is 0 Å². The van der Waals surface area contributed by atoms with Crippen molar-refractivity contribution in [1.82, 2.24) is 0 Å². The molecule has 0 fully saturated rings. The van der Waals surface area contributed by atoms with Crippen LogP contribution in [0.4, 0.5) is 26.3 Å². The highest BCUT2D eigenvalue weighted by Gasteiger charge is 2.38. The maximum absolute atomic E-state index is 13.6. The Kier molecular flexibility index (Phi) is 6.78. The fraction of sp³-hybridized carbons (Fsp3) is 0.300. The molecule has 2 rings (SSSR count). The number of alkyl halides is 6. The van der Waals surface area contributed by atoms with Gasteiger partial charge in [-0.1, -0.05) is 25.5 Å². The fourth-order valence-corrected chi connectivity index (χ4v) is 3.07. The van der Waals surface area contributed by atoms with E-state index in [2.05, 4.69) is 0 Å². The van der Waals surface area contributed by atoms with Crippen molar-refractivity contribution in [3.05, 3.63) is 69.8 Å². The third kappa shape index (κ3) is 5.18. The molecule has 0 aliphatic heterocycles. The molecule has 9 heteroatoms. The Balaban J connectivity index is 2.71. The monoisotopic (exact) mass is 436 g/mol. The van der Waals surface area contributed by atoms with E-state index in [1.807, 2.05) is 0 Å². The van der Waals surface area contributed by atoms with Gasteiger partial charge < -0.3 is 0 Å². The predicted molar refractivity (Wildman–Crippen MR) is 95.1 cm³/mol. The molecule has 2 aromatic carbocycles. The highest BCUT2D eigenvalue weighted by molar-refractivity contribution is 6.68. The summed E-state index contributed by atoms with van der Waals surface area (Å²) in [4.78, 5) is 24.6. The third-order valence-corrected chi connectivity index (χ3v) is 4.52. The number of rotatable bonds is 6. The van der Waals surface area contributed by atoms with Gasteiger partial charge in [0.2, 0.25) is 0 Å². The van der Waals surface area contributed by atoms with Gasteiger partial charge in [0.15, 0.2) is 5.78 Å². The summed E-state index contributed by atoms with van der Waals surface area (Å²) in [6, 6.07) is 4.34. The van der Waals surface area contributed by atoms with Crippen LogP contribution in [0, 0.1) is 0 Å². The van der Waals surface area contributed by atoms with Crippen molar-refractivity contribution in [2.75, 3.05) is 0 Å². The average Bonchev–Trinajstić information content (AvgIpc) is 2.63. The zero-order chi connectivity index (χ0) is 22.0. The Morgan fingerprint density at radius 3 is 1.93 bits per heavy atom. The molecule has 156 valence electrons. The molecule has 0 radical (unpaired) electrons. The summed E-state index contributed by atoms with van der Waals surface area (Å²) in [6.07, 6.45) is -8.64. The maximum Gasteiger partial charge on any atom is 0.417 e. The maximum atomic E-state index is 13.6. The number of carbonyl (C=O) groups is 2. The highest BCUT2D eigenvalue weighted by Crippen LogP contribution is 2.37. The molecule has 0 atom stereocenters. The second-order valence-corrected chi connectivity index (χ2v) is 6.64. The van der Waals surface area contributed by atoms with Gasteiger partial charge in [-0.3, -0.25) is 9.59 Å². The van der Waals surface area contributed by atoms with E-state index in [9.17, 15) is 35.9 Å². The number of hydrogen-bond acceptors (Lipinski definition) is 2. The summed E-state index contributed by atoms with van der Waals surface area (Å²) in [5.74, 6) is -1.13. The zero-order valence-electron chi connectivity index (χ0n) is 15.0. The smallest absolute Gasteiger partial charge is 0.289 e. The van der Waals surface area contributed by atoms with Gasteiger partial charge in [-0.15, -0.1) is 0 Å². The van der Waals surface area contributed by atoms with Crippen LogP contribution in [0.3, 0.4) is 0 Å². The Labute approximate surface area is 167 Å². The van der Waals surface area contributed by atoms with Gasteiger partial charge in [0.05, 0.1) is 11.1 Å². The molecule has 0 N–H and O–H groups in total. The normalized spacial score (nSPS) is 12.1. The van der Waals surface area contributed by atoms with E-state index in [0.29, 0.717) is 31.0 Å². The minimum atomic E-state index is -4.91. The second-order valence-electron chi connectivity index (χ2n) is 6.29. The van der Waals surface area contributed by atoms with E-state index in [1.54, 1.807) is 6.92 Å². The lowest BCUT2D eigenvalue weighted by atomic mass is 9.87. The molecule has 0 unspecified atom stereocenters. The average molecular weight is 437 g/mol. The van der Waals surface area contributed by atoms with Crippen LogP contribution < -0.4 is 0 Å². The van der Waals surface area contributed by atoms with Crippen molar-refractivity contribution < 1.29 is 35.9 Å². The molecule has 0 saturated carbocycles. The molecule has 0 saturated heterocycles. The molecule has 0 spiro atoms. The first-order chi connectivity index (χ1) is 13.4. The van der Waals surface area contributed by atoms with Gasteiger partial charge in [0.1, 0.15) is 0 Å². The van der Waals surface area contributed by atoms with Crippen molar-refractivity contribution in [1.29, 1.82) is 0 Å². The van der Waals surface area contributed by atoms with Crippen LogP contribution >= 0.6 is 11.6 Å². The van der Waals surface area contributed by atoms with Crippen LogP contribution in [-0.2, 0) is 18.8 Å². The molecule has 0 aliphatic carbocycles. The van der Waals surface area contributed by atoms with Gasteiger partial charge in [-0.2, -0.15) is 26.3 Å². The topological polar surface area (TPSA) is 34.1 Å². The van der Waals surface area contributed by atoms with Crippen molar-refractivity contribution >= 4 is 22.6 Å². The number of halogens is 7. The Hall–Kier alpha value is -2.35. The van der Waals surface area contributed by atoms with E-state index in [0.717, 1.165) is 18.2 Å². The molecule has 0 aliphatic rings. The molecule has 0 heterocycles. The molecule has 2 nitrogen and oxygen atoms in total. The fourth-order valence-electron chi connectivity index (χ4n) is 2.90. The summed E-state index contributed by atoms with van der Waals surface area (Å²) in [6.45, 7) is 1.77. The van der Waals surface area contributed by atoms with Crippen LogP contribution in [0.15, 0.2) is 36.4 Å². The Morgan fingerprint density at radius 1 is 0.897 bits per heavy atom. The van der Waals surface area contributed by atoms with Crippen LogP contribution in [0.25, 0.3) is 0 Å². The first-order valence-electron chi connectivity index (χ1n) is 8.52. The van der Waals surface area contributed by atoms with Crippen LogP contribution in [0.1, 0.15) is 62.7 Å². The van der Waals surface area contributed by atoms with Crippen molar-refractivity contribution in [3.63, 3.8) is 0 Å². The lowest BCUT2D eigenvalue weighted by Gasteiger charge is -2.19. The number of ketones is 1. The zero-order valence-corrected chi connectivity index (χ0v) is 15.8. The lowest BCUT2D eigenvalue weighted by Crippen LogP contribution is -2.19. The van der Waals surface area contributed by atoms with Crippen LogP contribution in [0.5, 0.6) is 0 Å². The second kappa shape index (κ2) is 8.57. The third-order valence-electron chi connectivity index (χ3n) is 4.31. The molecular formula is C20H15ClF6O2. The Bertz CT molecular complexity index is 914. The summed E-state index contributed by atoms with van der Waals surface area (Å²) in [5.41, 5.74) is -3.83. The van der Waals surface area contributed by atoms with Crippen LogP contribution in [0.2, 0.25) is 0 Å². The Morgan fingerprint density at radius 2 is 1.48 bits per heavy atom. The van der Waals surface area contributed by atoms with Gasteiger partial charge in [0, 0.05) is 16.7 Å². The minimum absolute atomic E-state index is 0.0179. The van der Waals surface area contributed by atoms with E-state index in [4.69, 9.17) is 11.6 Å². The van der Waals surface area contributed by atoms with E-state index in [1.165, 1.54) is 0 Å².